The second-order valence-corrected chi connectivity index (χ2v) is 5.42. The van der Waals surface area contributed by atoms with Crippen molar-refractivity contribution in [2.45, 2.75) is 50.5 Å². The summed E-state index contributed by atoms with van der Waals surface area (Å²) in [6.07, 6.45) is 6.51. The third-order valence-corrected chi connectivity index (χ3v) is 4.55. The third-order valence-electron chi connectivity index (χ3n) is 4.55. The Morgan fingerprint density at radius 1 is 1.22 bits per heavy atom. The van der Waals surface area contributed by atoms with Crippen LogP contribution in [0.15, 0.2) is 0 Å². The summed E-state index contributed by atoms with van der Waals surface area (Å²) in [5.74, 6) is -0.962. The third kappa shape index (κ3) is 2.00. The number of carboxylic acids is 1. The predicted octanol–water partition coefficient (Wildman–Crippen LogP) is 0.971. The molecule has 3 N–H and O–H groups in total. The first kappa shape index (κ1) is 13.3. The van der Waals surface area contributed by atoms with E-state index in [4.69, 9.17) is 5.73 Å². The van der Waals surface area contributed by atoms with Crippen LogP contribution in [0, 0.1) is 5.92 Å². The second kappa shape index (κ2) is 5.26. The smallest absolute Gasteiger partial charge is 0.329 e. The lowest BCUT2D eigenvalue weighted by Gasteiger charge is -2.42. The first-order chi connectivity index (χ1) is 8.63. The highest BCUT2D eigenvalue weighted by molar-refractivity contribution is 5.89. The van der Waals surface area contributed by atoms with Crippen LogP contribution in [0.1, 0.15) is 44.9 Å². The SMILES string of the molecule is NCC(=O)N1CCC[C@]1(C(=O)O)C1CCCCC1. The van der Waals surface area contributed by atoms with E-state index in [1.165, 1.54) is 6.42 Å². The van der Waals surface area contributed by atoms with Crippen LogP contribution in [0.4, 0.5) is 0 Å². The molecule has 1 atom stereocenters. The van der Waals surface area contributed by atoms with Crippen molar-refractivity contribution >= 4 is 11.9 Å². The van der Waals surface area contributed by atoms with E-state index in [1.54, 1.807) is 4.90 Å². The number of carbonyl (C=O) groups excluding carboxylic acids is 1. The first-order valence-electron chi connectivity index (χ1n) is 6.87. The molecule has 0 bridgehead atoms. The molecule has 102 valence electrons. The summed E-state index contributed by atoms with van der Waals surface area (Å²) in [6, 6.07) is 0. The summed E-state index contributed by atoms with van der Waals surface area (Å²) in [5.41, 5.74) is 4.44. The van der Waals surface area contributed by atoms with E-state index in [-0.39, 0.29) is 18.4 Å². The van der Waals surface area contributed by atoms with Crippen molar-refractivity contribution in [3.05, 3.63) is 0 Å². The van der Waals surface area contributed by atoms with Crippen LogP contribution in [0.5, 0.6) is 0 Å². The number of carboxylic acid groups (broad SMARTS) is 1. The Balaban J connectivity index is 2.29. The fraction of sp³-hybridized carbons (Fsp3) is 0.846. The van der Waals surface area contributed by atoms with Gasteiger partial charge >= 0.3 is 5.97 Å². The number of amides is 1. The van der Waals surface area contributed by atoms with Gasteiger partial charge in [0.15, 0.2) is 0 Å². The van der Waals surface area contributed by atoms with Crippen molar-refractivity contribution < 1.29 is 14.7 Å². The highest BCUT2D eigenvalue weighted by atomic mass is 16.4. The molecule has 2 aliphatic rings. The van der Waals surface area contributed by atoms with Gasteiger partial charge < -0.3 is 15.7 Å². The molecule has 1 aliphatic carbocycles. The van der Waals surface area contributed by atoms with Gasteiger partial charge in [0.2, 0.25) is 5.91 Å². The van der Waals surface area contributed by atoms with Crippen LogP contribution in [-0.4, -0.2) is 40.5 Å². The zero-order chi connectivity index (χ0) is 13.2. The molecule has 1 saturated heterocycles. The van der Waals surface area contributed by atoms with E-state index in [0.29, 0.717) is 13.0 Å². The van der Waals surface area contributed by atoms with E-state index in [1.807, 2.05) is 0 Å². The molecule has 0 aromatic heterocycles. The van der Waals surface area contributed by atoms with Gasteiger partial charge in [-0.15, -0.1) is 0 Å². The number of aliphatic carboxylic acids is 1. The molecule has 0 radical (unpaired) electrons. The minimum Gasteiger partial charge on any atom is -0.479 e. The average molecular weight is 254 g/mol. The number of likely N-dealkylation sites (tertiary alicyclic amines) is 1. The number of nitrogens with two attached hydrogens (primary N) is 1. The molecule has 0 spiro atoms. The summed E-state index contributed by atoms with van der Waals surface area (Å²) >= 11 is 0. The molecule has 1 heterocycles. The van der Waals surface area contributed by atoms with Gasteiger partial charge in [-0.2, -0.15) is 0 Å². The quantitative estimate of drug-likeness (QED) is 0.786. The van der Waals surface area contributed by atoms with Gasteiger partial charge in [-0.25, -0.2) is 4.79 Å². The highest BCUT2D eigenvalue weighted by Crippen LogP contribution is 2.43. The van der Waals surface area contributed by atoms with Gasteiger partial charge in [0, 0.05) is 6.54 Å². The lowest BCUT2D eigenvalue weighted by molar-refractivity contribution is -0.161. The summed E-state index contributed by atoms with van der Waals surface area (Å²) in [7, 11) is 0. The molecule has 0 unspecified atom stereocenters. The Bertz CT molecular complexity index is 339. The van der Waals surface area contributed by atoms with Gasteiger partial charge in [-0.3, -0.25) is 4.79 Å². The molecule has 2 rings (SSSR count). The van der Waals surface area contributed by atoms with E-state index in [0.717, 1.165) is 32.1 Å². The Labute approximate surface area is 107 Å². The zero-order valence-corrected chi connectivity index (χ0v) is 10.7. The van der Waals surface area contributed by atoms with Gasteiger partial charge in [0.25, 0.3) is 0 Å². The molecule has 18 heavy (non-hydrogen) atoms. The number of hydrogen-bond acceptors (Lipinski definition) is 3. The molecule has 1 aliphatic heterocycles. The van der Waals surface area contributed by atoms with Crippen molar-refractivity contribution in [2.75, 3.05) is 13.1 Å². The predicted molar refractivity (Wildman–Crippen MR) is 66.9 cm³/mol. The largest absolute Gasteiger partial charge is 0.479 e. The number of carbonyl (C=O) groups is 2. The number of rotatable bonds is 3. The molecule has 0 aromatic rings. The van der Waals surface area contributed by atoms with Crippen LogP contribution < -0.4 is 5.73 Å². The lowest BCUT2D eigenvalue weighted by Crippen LogP contribution is -2.59. The fourth-order valence-electron chi connectivity index (χ4n) is 3.70. The van der Waals surface area contributed by atoms with Crippen molar-refractivity contribution in [1.82, 2.24) is 4.90 Å². The Morgan fingerprint density at radius 2 is 1.89 bits per heavy atom. The molecule has 0 aromatic carbocycles. The number of nitrogens with zero attached hydrogens (tertiary/aromatic N) is 1. The highest BCUT2D eigenvalue weighted by Gasteiger charge is 2.54. The maximum atomic E-state index is 11.9. The van der Waals surface area contributed by atoms with Crippen LogP contribution in [0.2, 0.25) is 0 Å². The maximum Gasteiger partial charge on any atom is 0.329 e. The number of hydrogen-bond donors (Lipinski definition) is 2. The minimum atomic E-state index is -0.975. The molecule has 1 saturated carbocycles. The Kier molecular flexibility index (Phi) is 3.90. The normalized spacial score (nSPS) is 29.5. The standard InChI is InChI=1S/C13H22N2O3/c14-9-11(16)15-8-4-7-13(15,12(17)18)10-5-2-1-3-6-10/h10H,1-9,14H2,(H,17,18)/t13-/m1/s1. The van der Waals surface area contributed by atoms with Crippen molar-refractivity contribution in [3.8, 4) is 0 Å². The van der Waals surface area contributed by atoms with Crippen molar-refractivity contribution in [2.24, 2.45) is 11.7 Å². The molecule has 5 heteroatoms. The van der Waals surface area contributed by atoms with E-state index >= 15 is 0 Å². The zero-order valence-electron chi connectivity index (χ0n) is 10.7. The first-order valence-corrected chi connectivity index (χ1v) is 6.87. The second-order valence-electron chi connectivity index (χ2n) is 5.42. The average Bonchev–Trinajstić information content (AvgIpc) is 2.84. The van der Waals surface area contributed by atoms with Crippen LogP contribution in [0.25, 0.3) is 0 Å². The summed E-state index contributed by atoms with van der Waals surface area (Å²) < 4.78 is 0. The van der Waals surface area contributed by atoms with Gasteiger partial charge in [0.05, 0.1) is 6.54 Å². The van der Waals surface area contributed by atoms with Gasteiger partial charge in [-0.1, -0.05) is 19.3 Å². The van der Waals surface area contributed by atoms with Crippen LogP contribution in [-0.2, 0) is 9.59 Å². The molecular weight excluding hydrogens is 232 g/mol. The van der Waals surface area contributed by atoms with Crippen molar-refractivity contribution in [3.63, 3.8) is 0 Å². The molecule has 5 nitrogen and oxygen atoms in total. The van der Waals surface area contributed by atoms with Crippen molar-refractivity contribution in [1.29, 1.82) is 0 Å². The van der Waals surface area contributed by atoms with Gasteiger partial charge in [0.1, 0.15) is 5.54 Å². The van der Waals surface area contributed by atoms with Gasteiger partial charge in [-0.05, 0) is 31.6 Å². The van der Waals surface area contributed by atoms with E-state index in [2.05, 4.69) is 0 Å². The maximum absolute atomic E-state index is 11.9. The summed E-state index contributed by atoms with van der Waals surface area (Å²) in [5, 5.41) is 9.70. The molecular formula is C13H22N2O3. The van der Waals surface area contributed by atoms with Crippen LogP contribution >= 0.6 is 0 Å². The molecule has 2 fully saturated rings. The Morgan fingerprint density at radius 3 is 2.44 bits per heavy atom. The lowest BCUT2D eigenvalue weighted by atomic mass is 9.73. The van der Waals surface area contributed by atoms with E-state index in [9.17, 15) is 14.7 Å². The topological polar surface area (TPSA) is 83.6 Å². The fourth-order valence-corrected chi connectivity index (χ4v) is 3.70. The summed E-state index contributed by atoms with van der Waals surface area (Å²) in [4.78, 5) is 25.3. The summed E-state index contributed by atoms with van der Waals surface area (Å²) in [6.45, 7) is 0.445. The van der Waals surface area contributed by atoms with E-state index < -0.39 is 11.5 Å². The van der Waals surface area contributed by atoms with Crippen LogP contribution in [0.3, 0.4) is 0 Å². The Hall–Kier alpha value is -1.10. The molecule has 1 amide bonds. The monoisotopic (exact) mass is 254 g/mol. The minimum absolute atomic E-state index is 0.0955.